The van der Waals surface area contributed by atoms with Gasteiger partial charge in [-0.25, -0.2) is 4.98 Å². The van der Waals surface area contributed by atoms with Crippen LogP contribution in [0.15, 0.2) is 53.3 Å². The van der Waals surface area contributed by atoms with E-state index in [0.717, 1.165) is 24.2 Å². The molecule has 2 aromatic heterocycles. The van der Waals surface area contributed by atoms with E-state index in [4.69, 9.17) is 16.0 Å². The summed E-state index contributed by atoms with van der Waals surface area (Å²) in [5, 5.41) is 12.7. The largest absolute Gasteiger partial charge is 0.506 e. The average Bonchev–Trinajstić information content (AvgIpc) is 3.27. The highest BCUT2D eigenvalue weighted by Gasteiger charge is 2.28. The number of likely N-dealkylation sites (tertiary alicyclic amines) is 1. The highest BCUT2D eigenvalue weighted by atomic mass is 35.5. The Morgan fingerprint density at radius 3 is 2.91 bits per heavy atom. The number of pyridine rings is 1. The maximum Gasteiger partial charge on any atom is 0.253 e. The molecule has 1 saturated heterocycles. The van der Waals surface area contributed by atoms with Crippen LogP contribution in [0.2, 0.25) is 5.02 Å². The Morgan fingerprint density at radius 2 is 2.09 bits per heavy atom. The molecular weight excluding hydrogens is 432 g/mol. The number of aromatic hydroxyl groups is 1. The van der Waals surface area contributed by atoms with Crippen molar-refractivity contribution in [3.63, 3.8) is 0 Å². The topological polar surface area (TPSA) is 109 Å². The Bertz CT molecular complexity index is 1120. The summed E-state index contributed by atoms with van der Waals surface area (Å²) < 4.78 is 5.97. The van der Waals surface area contributed by atoms with Crippen LogP contribution in [0.5, 0.6) is 5.75 Å². The minimum Gasteiger partial charge on any atom is -0.506 e. The quantitative estimate of drug-likeness (QED) is 0.592. The third-order valence-corrected chi connectivity index (χ3v) is 5.77. The lowest BCUT2D eigenvalue weighted by molar-refractivity contribution is -0.131. The van der Waals surface area contributed by atoms with Crippen LogP contribution in [-0.2, 0) is 11.2 Å². The van der Waals surface area contributed by atoms with Crippen molar-refractivity contribution in [3.05, 3.63) is 76.7 Å². The number of amides is 2. The fourth-order valence-corrected chi connectivity index (χ4v) is 3.95. The zero-order chi connectivity index (χ0) is 22.5. The summed E-state index contributed by atoms with van der Waals surface area (Å²) in [7, 11) is 0. The standard InChI is InChI=1S/C23H23ClN4O4/c24-20-6-2-1-4-15(20)9-19-12-27-23(32-19)16-5-3-7-28(14-16)21(30)13-26-22(31)17-8-18(29)11-25-10-17/h1-2,4,6,8,10-12,16,29H,3,5,7,9,13-14H2,(H,26,31)/t16-/m0/s1. The third-order valence-electron chi connectivity index (χ3n) is 5.40. The van der Waals surface area contributed by atoms with E-state index in [0.29, 0.717) is 30.4 Å². The SMILES string of the molecule is O=C(NCC(=O)N1CCC[C@H](c2ncc(Cc3ccccc3Cl)o2)C1)c1cncc(O)c1. The molecule has 3 aromatic rings. The number of hydrogen-bond acceptors (Lipinski definition) is 6. The van der Waals surface area contributed by atoms with Gasteiger partial charge in [0.2, 0.25) is 5.91 Å². The molecule has 4 rings (SSSR count). The van der Waals surface area contributed by atoms with Crippen LogP contribution in [-0.4, -0.2) is 51.4 Å². The summed E-state index contributed by atoms with van der Waals surface area (Å²) in [4.78, 5) is 34.7. The summed E-state index contributed by atoms with van der Waals surface area (Å²) in [5.74, 6) is 0.579. The van der Waals surface area contributed by atoms with E-state index in [9.17, 15) is 14.7 Å². The molecule has 8 nitrogen and oxygen atoms in total. The van der Waals surface area contributed by atoms with Crippen molar-refractivity contribution in [1.29, 1.82) is 0 Å². The first-order chi connectivity index (χ1) is 15.5. The molecule has 0 unspecified atom stereocenters. The van der Waals surface area contributed by atoms with Crippen LogP contribution in [0.4, 0.5) is 0 Å². The average molecular weight is 455 g/mol. The molecule has 2 amide bonds. The van der Waals surface area contributed by atoms with Gasteiger partial charge in [-0.1, -0.05) is 29.8 Å². The second-order valence-electron chi connectivity index (χ2n) is 7.73. The fraction of sp³-hybridized carbons (Fsp3) is 0.304. The Morgan fingerprint density at radius 1 is 1.25 bits per heavy atom. The number of hydrogen-bond donors (Lipinski definition) is 2. The second-order valence-corrected chi connectivity index (χ2v) is 8.13. The van der Waals surface area contributed by atoms with Crippen molar-refractivity contribution in [2.75, 3.05) is 19.6 Å². The number of rotatable bonds is 6. The van der Waals surface area contributed by atoms with Gasteiger partial charge in [-0.05, 0) is 30.5 Å². The van der Waals surface area contributed by atoms with Crippen LogP contribution in [0, 0.1) is 0 Å². The van der Waals surface area contributed by atoms with Crippen molar-refractivity contribution < 1.29 is 19.1 Å². The molecule has 0 aliphatic carbocycles. The number of aromatic nitrogens is 2. The normalized spacial score (nSPS) is 16.0. The maximum atomic E-state index is 12.6. The Balaban J connectivity index is 1.33. The number of benzene rings is 1. The zero-order valence-electron chi connectivity index (χ0n) is 17.3. The van der Waals surface area contributed by atoms with E-state index in [-0.39, 0.29) is 29.7 Å². The first-order valence-corrected chi connectivity index (χ1v) is 10.8. The summed E-state index contributed by atoms with van der Waals surface area (Å²) in [6.45, 7) is 0.963. The van der Waals surface area contributed by atoms with E-state index < -0.39 is 5.91 Å². The molecule has 0 saturated carbocycles. The van der Waals surface area contributed by atoms with Gasteiger partial charge in [0, 0.05) is 30.7 Å². The molecule has 2 N–H and O–H groups in total. The zero-order valence-corrected chi connectivity index (χ0v) is 18.1. The van der Waals surface area contributed by atoms with Crippen LogP contribution in [0.3, 0.4) is 0 Å². The van der Waals surface area contributed by atoms with Crippen molar-refractivity contribution in [1.82, 2.24) is 20.2 Å². The second kappa shape index (κ2) is 9.82. The van der Waals surface area contributed by atoms with Crippen molar-refractivity contribution in [3.8, 4) is 5.75 Å². The van der Waals surface area contributed by atoms with Gasteiger partial charge in [-0.3, -0.25) is 14.6 Å². The molecule has 1 aliphatic heterocycles. The highest BCUT2D eigenvalue weighted by molar-refractivity contribution is 6.31. The minimum atomic E-state index is -0.466. The lowest BCUT2D eigenvalue weighted by Gasteiger charge is -2.31. The summed E-state index contributed by atoms with van der Waals surface area (Å²) in [6.07, 6.45) is 6.53. The lowest BCUT2D eigenvalue weighted by Crippen LogP contribution is -2.44. The third kappa shape index (κ3) is 5.26. The molecule has 1 aromatic carbocycles. The van der Waals surface area contributed by atoms with E-state index in [1.54, 1.807) is 11.1 Å². The Labute approximate surface area is 190 Å². The van der Waals surface area contributed by atoms with Gasteiger partial charge < -0.3 is 19.7 Å². The molecule has 0 radical (unpaired) electrons. The summed E-state index contributed by atoms with van der Waals surface area (Å²) >= 11 is 6.23. The molecule has 1 aliphatic rings. The number of carbonyl (C=O) groups excluding carboxylic acids is 2. The number of halogens is 1. The van der Waals surface area contributed by atoms with Crippen molar-refractivity contribution in [2.24, 2.45) is 0 Å². The number of piperidine rings is 1. The lowest BCUT2D eigenvalue weighted by atomic mass is 9.98. The smallest absolute Gasteiger partial charge is 0.253 e. The molecule has 0 spiro atoms. The molecule has 0 bridgehead atoms. The monoisotopic (exact) mass is 454 g/mol. The van der Waals surface area contributed by atoms with Crippen LogP contribution in [0.1, 0.15) is 46.3 Å². The van der Waals surface area contributed by atoms with Gasteiger partial charge in [-0.2, -0.15) is 0 Å². The first-order valence-electron chi connectivity index (χ1n) is 10.4. The molecule has 3 heterocycles. The van der Waals surface area contributed by atoms with Gasteiger partial charge in [0.15, 0.2) is 5.89 Å². The van der Waals surface area contributed by atoms with Crippen LogP contribution in [0.25, 0.3) is 0 Å². The number of nitrogens with one attached hydrogen (secondary N) is 1. The van der Waals surface area contributed by atoms with Gasteiger partial charge >= 0.3 is 0 Å². The first kappa shape index (κ1) is 21.8. The van der Waals surface area contributed by atoms with Gasteiger partial charge in [0.05, 0.1) is 30.4 Å². The van der Waals surface area contributed by atoms with Gasteiger partial charge in [0.25, 0.3) is 5.91 Å². The molecule has 32 heavy (non-hydrogen) atoms. The molecule has 1 atom stereocenters. The van der Waals surface area contributed by atoms with Gasteiger partial charge in [0.1, 0.15) is 11.5 Å². The van der Waals surface area contributed by atoms with Gasteiger partial charge in [-0.15, -0.1) is 0 Å². The fourth-order valence-electron chi connectivity index (χ4n) is 3.75. The van der Waals surface area contributed by atoms with Crippen LogP contribution < -0.4 is 5.32 Å². The number of nitrogens with zero attached hydrogens (tertiary/aromatic N) is 3. The van der Waals surface area contributed by atoms with E-state index in [1.165, 1.54) is 18.5 Å². The number of carbonyl (C=O) groups is 2. The minimum absolute atomic E-state index is 0.00123. The van der Waals surface area contributed by atoms with Crippen molar-refractivity contribution >= 4 is 23.4 Å². The summed E-state index contributed by atoms with van der Waals surface area (Å²) in [5.41, 5.74) is 1.16. The predicted molar refractivity (Wildman–Crippen MR) is 118 cm³/mol. The van der Waals surface area contributed by atoms with Crippen LogP contribution >= 0.6 is 11.6 Å². The molecule has 9 heteroatoms. The Hall–Kier alpha value is -3.39. The number of oxazole rings is 1. The van der Waals surface area contributed by atoms with E-state index >= 15 is 0 Å². The molecule has 1 fully saturated rings. The van der Waals surface area contributed by atoms with E-state index in [2.05, 4.69) is 15.3 Å². The predicted octanol–water partition coefficient (Wildman–Crippen LogP) is 3.16. The molecular formula is C23H23ClN4O4. The van der Waals surface area contributed by atoms with E-state index in [1.807, 2.05) is 24.3 Å². The molecule has 166 valence electrons. The summed E-state index contributed by atoms with van der Waals surface area (Å²) in [6, 6.07) is 8.90. The maximum absolute atomic E-state index is 12.6. The Kier molecular flexibility index (Phi) is 6.70. The highest BCUT2D eigenvalue weighted by Crippen LogP contribution is 2.28. The van der Waals surface area contributed by atoms with Crippen molar-refractivity contribution in [2.45, 2.75) is 25.2 Å².